The van der Waals surface area contributed by atoms with Gasteiger partial charge in [-0.25, -0.2) is 13.7 Å². The minimum atomic E-state index is -0.669. The van der Waals surface area contributed by atoms with Gasteiger partial charge in [-0.1, -0.05) is 18.2 Å². The van der Waals surface area contributed by atoms with E-state index < -0.39 is 23.8 Å². The van der Waals surface area contributed by atoms with E-state index in [9.17, 15) is 14.0 Å². The van der Waals surface area contributed by atoms with Crippen LogP contribution < -0.4 is 5.32 Å². The molecule has 4 aromatic rings. The lowest BCUT2D eigenvalue weighted by Gasteiger charge is -2.09. The summed E-state index contributed by atoms with van der Waals surface area (Å²) in [5, 5.41) is 15.9. The van der Waals surface area contributed by atoms with E-state index in [2.05, 4.69) is 15.4 Å². The van der Waals surface area contributed by atoms with E-state index in [4.69, 9.17) is 10.00 Å². The van der Waals surface area contributed by atoms with Crippen molar-refractivity contribution in [3.63, 3.8) is 0 Å². The van der Waals surface area contributed by atoms with Gasteiger partial charge in [-0.15, -0.1) is 5.10 Å². The summed E-state index contributed by atoms with van der Waals surface area (Å²) in [4.78, 5) is 28.7. The number of aromatic nitrogens is 3. The number of cyclic esters (lactones) is 1. The molecular weight excluding hydrogens is 413 g/mol. The van der Waals surface area contributed by atoms with Crippen molar-refractivity contribution in [1.29, 1.82) is 5.26 Å². The first kappa shape index (κ1) is 19.4. The summed E-state index contributed by atoms with van der Waals surface area (Å²) in [5.41, 5.74) is 2.66. The highest BCUT2D eigenvalue weighted by Gasteiger charge is 2.32. The third-order valence-corrected chi connectivity index (χ3v) is 5.14. The number of ether oxygens (including phenoxy) is 1. The van der Waals surface area contributed by atoms with E-state index in [-0.39, 0.29) is 17.9 Å². The van der Waals surface area contributed by atoms with Crippen molar-refractivity contribution in [3.05, 3.63) is 83.3 Å². The summed E-state index contributed by atoms with van der Waals surface area (Å²) < 4.78 is 20.9. The molecule has 0 unspecified atom stereocenters. The molecule has 3 heterocycles. The summed E-state index contributed by atoms with van der Waals surface area (Å²) in [6.07, 6.45) is 0.820. The van der Waals surface area contributed by atoms with Gasteiger partial charge < -0.3 is 4.74 Å². The van der Waals surface area contributed by atoms with Crippen LogP contribution in [0, 0.1) is 17.1 Å². The Bertz CT molecular complexity index is 1440. The van der Waals surface area contributed by atoms with Crippen LogP contribution in [0.1, 0.15) is 34.0 Å². The molecule has 2 aromatic heterocycles. The number of rotatable bonds is 4. The van der Waals surface area contributed by atoms with Crippen LogP contribution in [0.5, 0.6) is 0 Å². The second kappa shape index (κ2) is 7.59. The number of benzene rings is 2. The van der Waals surface area contributed by atoms with Crippen molar-refractivity contribution in [2.24, 2.45) is 0 Å². The van der Waals surface area contributed by atoms with Gasteiger partial charge in [-0.2, -0.15) is 10.2 Å². The molecule has 1 aliphatic rings. The number of amides is 1. The normalized spacial score (nSPS) is 14.6. The van der Waals surface area contributed by atoms with Crippen LogP contribution in [0.15, 0.2) is 60.8 Å². The highest BCUT2D eigenvalue weighted by atomic mass is 19.1. The van der Waals surface area contributed by atoms with Crippen molar-refractivity contribution >= 4 is 23.5 Å². The molecular formula is C23H14FN5O3. The Balaban J connectivity index is 1.35. The first-order chi connectivity index (χ1) is 15.5. The number of carbonyl (C=O) groups is 2. The van der Waals surface area contributed by atoms with Gasteiger partial charge in [0.2, 0.25) is 11.9 Å². The van der Waals surface area contributed by atoms with Crippen molar-refractivity contribution in [3.8, 4) is 17.2 Å². The molecule has 0 saturated heterocycles. The second-order valence-corrected chi connectivity index (χ2v) is 7.20. The number of nitrogens with zero attached hydrogens (tertiary/aromatic N) is 4. The van der Waals surface area contributed by atoms with Crippen LogP contribution in [-0.4, -0.2) is 26.5 Å². The summed E-state index contributed by atoms with van der Waals surface area (Å²) in [6.45, 7) is 0. The molecule has 1 N–H and O–H groups in total. The first-order valence-electron chi connectivity index (χ1n) is 9.68. The van der Waals surface area contributed by atoms with Crippen LogP contribution in [0.3, 0.4) is 0 Å². The quantitative estimate of drug-likeness (QED) is 0.498. The van der Waals surface area contributed by atoms with E-state index in [0.29, 0.717) is 27.9 Å². The molecule has 2 aromatic carbocycles. The minimum absolute atomic E-state index is 0.0657. The Kier molecular flexibility index (Phi) is 4.60. The van der Waals surface area contributed by atoms with Gasteiger partial charge in [-0.3, -0.25) is 10.1 Å². The zero-order chi connectivity index (χ0) is 22.2. The second-order valence-electron chi connectivity index (χ2n) is 7.20. The number of hydrogen-bond donors (Lipinski definition) is 1. The Morgan fingerprint density at radius 3 is 2.88 bits per heavy atom. The standard InChI is InChI=1S/C23H14FN5O3/c24-18-7-5-13(11-25)9-17(18)14-6-8-20-26-23(28-29(20)12-14)27-21(30)10-19-15-3-1-2-4-16(15)22(31)32-19/h1-9,12,19H,10H2,(H,27,28,30)/t19-/m0/s1. The fourth-order valence-electron chi connectivity index (χ4n) is 3.63. The van der Waals surface area contributed by atoms with E-state index >= 15 is 0 Å². The summed E-state index contributed by atoms with van der Waals surface area (Å²) in [6, 6.07) is 16.3. The molecule has 0 saturated carbocycles. The van der Waals surface area contributed by atoms with Gasteiger partial charge in [0, 0.05) is 22.9 Å². The molecule has 32 heavy (non-hydrogen) atoms. The third kappa shape index (κ3) is 3.44. The fraction of sp³-hybridized carbons (Fsp3) is 0.0870. The Morgan fingerprint density at radius 1 is 1.19 bits per heavy atom. The molecule has 156 valence electrons. The first-order valence-corrected chi connectivity index (χ1v) is 9.68. The van der Waals surface area contributed by atoms with Crippen LogP contribution >= 0.6 is 0 Å². The van der Waals surface area contributed by atoms with Gasteiger partial charge >= 0.3 is 5.97 Å². The average Bonchev–Trinajstić information content (AvgIpc) is 3.33. The molecule has 8 nitrogen and oxygen atoms in total. The maximum atomic E-state index is 14.2. The van der Waals surface area contributed by atoms with E-state index in [1.165, 1.54) is 22.7 Å². The number of pyridine rings is 1. The highest BCUT2D eigenvalue weighted by molar-refractivity contribution is 5.96. The third-order valence-electron chi connectivity index (χ3n) is 5.14. The monoisotopic (exact) mass is 427 g/mol. The van der Waals surface area contributed by atoms with Crippen molar-refractivity contribution in [2.45, 2.75) is 12.5 Å². The van der Waals surface area contributed by atoms with Gasteiger partial charge in [0.05, 0.1) is 23.6 Å². The molecule has 0 radical (unpaired) electrons. The van der Waals surface area contributed by atoms with Crippen LogP contribution in [0.25, 0.3) is 16.8 Å². The molecule has 1 atom stereocenters. The fourth-order valence-corrected chi connectivity index (χ4v) is 3.63. The summed E-state index contributed by atoms with van der Waals surface area (Å²) >= 11 is 0. The SMILES string of the molecule is N#Cc1ccc(F)c(-c2ccc3nc(NC(=O)C[C@@H]4OC(=O)c5ccccc54)nn3c2)c1. The maximum Gasteiger partial charge on any atom is 0.339 e. The predicted molar refractivity (Wildman–Crippen MR) is 111 cm³/mol. The largest absolute Gasteiger partial charge is 0.453 e. The predicted octanol–water partition coefficient (Wildman–Crippen LogP) is 3.65. The average molecular weight is 427 g/mol. The van der Waals surface area contributed by atoms with Gasteiger partial charge in [0.1, 0.15) is 11.9 Å². The van der Waals surface area contributed by atoms with Gasteiger partial charge in [-0.05, 0) is 36.4 Å². The van der Waals surface area contributed by atoms with Crippen LogP contribution in [0.4, 0.5) is 10.3 Å². The number of carbonyl (C=O) groups excluding carboxylic acids is 2. The van der Waals surface area contributed by atoms with Gasteiger partial charge in [0.25, 0.3) is 0 Å². The molecule has 0 fully saturated rings. The lowest BCUT2D eigenvalue weighted by molar-refractivity contribution is -0.118. The number of anilines is 1. The number of esters is 1. The molecule has 0 spiro atoms. The topological polar surface area (TPSA) is 109 Å². The van der Waals surface area contributed by atoms with E-state index in [1.54, 1.807) is 42.6 Å². The van der Waals surface area contributed by atoms with E-state index in [1.807, 2.05) is 6.07 Å². The molecule has 1 amide bonds. The van der Waals surface area contributed by atoms with Crippen molar-refractivity contribution in [1.82, 2.24) is 14.6 Å². The smallest absolute Gasteiger partial charge is 0.339 e. The van der Waals surface area contributed by atoms with Crippen LogP contribution in [0.2, 0.25) is 0 Å². The van der Waals surface area contributed by atoms with Crippen molar-refractivity contribution in [2.75, 3.05) is 5.32 Å². The number of nitrogens with one attached hydrogen (secondary N) is 1. The molecule has 9 heteroatoms. The Morgan fingerprint density at radius 2 is 2.03 bits per heavy atom. The lowest BCUT2D eigenvalue weighted by atomic mass is 10.0. The summed E-state index contributed by atoms with van der Waals surface area (Å²) in [5.74, 6) is -1.27. The minimum Gasteiger partial charge on any atom is -0.453 e. The number of hydrogen-bond acceptors (Lipinski definition) is 6. The molecule has 0 bridgehead atoms. The zero-order valence-electron chi connectivity index (χ0n) is 16.4. The number of fused-ring (bicyclic) bond motifs is 2. The molecule has 1 aliphatic heterocycles. The van der Waals surface area contributed by atoms with E-state index in [0.717, 1.165) is 0 Å². The number of halogens is 1. The summed E-state index contributed by atoms with van der Waals surface area (Å²) in [7, 11) is 0. The van der Waals surface area contributed by atoms with Crippen molar-refractivity contribution < 1.29 is 18.7 Å². The maximum absolute atomic E-state index is 14.2. The lowest BCUT2D eigenvalue weighted by Crippen LogP contribution is -2.16. The molecule has 0 aliphatic carbocycles. The Hall–Kier alpha value is -4.58. The molecule has 5 rings (SSSR count). The number of nitriles is 1. The Labute approximate surface area is 180 Å². The van der Waals surface area contributed by atoms with Crippen LogP contribution in [-0.2, 0) is 9.53 Å². The highest BCUT2D eigenvalue weighted by Crippen LogP contribution is 2.33. The zero-order valence-corrected chi connectivity index (χ0v) is 16.4. The van der Waals surface area contributed by atoms with Gasteiger partial charge in [0.15, 0.2) is 5.65 Å².